The molecule has 2 aromatic rings. The lowest BCUT2D eigenvalue weighted by Gasteiger charge is -2.12. The predicted octanol–water partition coefficient (Wildman–Crippen LogP) is 1.33. The van der Waals surface area contributed by atoms with Gasteiger partial charge in [0, 0.05) is 20.3 Å². The summed E-state index contributed by atoms with van der Waals surface area (Å²) >= 11 is 0. The highest BCUT2D eigenvalue weighted by atomic mass is 32.2. The Bertz CT molecular complexity index is 729. The number of nitrogens with one attached hydrogen (secondary N) is 1. The summed E-state index contributed by atoms with van der Waals surface area (Å²) in [6, 6.07) is 8.51. The van der Waals surface area contributed by atoms with Gasteiger partial charge >= 0.3 is 0 Å². The number of anilines is 1. The van der Waals surface area contributed by atoms with Gasteiger partial charge in [-0.05, 0) is 30.7 Å². The van der Waals surface area contributed by atoms with Gasteiger partial charge in [0.2, 0.25) is 10.0 Å². The third-order valence-corrected chi connectivity index (χ3v) is 4.27. The predicted molar refractivity (Wildman–Crippen MR) is 81.6 cm³/mol. The summed E-state index contributed by atoms with van der Waals surface area (Å²) in [6.07, 6.45) is 1.61. The van der Waals surface area contributed by atoms with Crippen molar-refractivity contribution in [2.75, 3.05) is 19.0 Å². The van der Waals surface area contributed by atoms with Crippen LogP contribution in [0.25, 0.3) is 0 Å². The number of aromatic nitrogens is 2. The minimum absolute atomic E-state index is 0.0535. The number of benzene rings is 1. The van der Waals surface area contributed by atoms with Crippen LogP contribution in [0, 0.1) is 6.92 Å². The topological polar surface area (TPSA) is 75.2 Å². The summed E-state index contributed by atoms with van der Waals surface area (Å²) in [5, 5.41) is 0. The number of hydrogen-bond donors (Lipinski definition) is 1. The number of nitrogens with zero attached hydrogens (tertiary/aromatic N) is 3. The van der Waals surface area contributed by atoms with Gasteiger partial charge in [0.1, 0.15) is 11.6 Å². The van der Waals surface area contributed by atoms with Gasteiger partial charge in [0.05, 0.1) is 11.4 Å². The number of sulfonamides is 1. The van der Waals surface area contributed by atoms with Crippen LogP contribution in [0.1, 0.15) is 11.4 Å². The number of aryl methyl sites for hydroxylation is 1. The molecular weight excluding hydrogens is 288 g/mol. The molecule has 0 spiro atoms. The molecule has 0 saturated heterocycles. The van der Waals surface area contributed by atoms with E-state index in [2.05, 4.69) is 14.7 Å². The molecule has 7 heteroatoms. The zero-order valence-corrected chi connectivity index (χ0v) is 13.1. The first-order valence-electron chi connectivity index (χ1n) is 6.44. The fourth-order valence-corrected chi connectivity index (χ4v) is 2.83. The van der Waals surface area contributed by atoms with Gasteiger partial charge in [0.25, 0.3) is 0 Å². The lowest BCUT2D eigenvalue weighted by Crippen LogP contribution is -2.24. The summed E-state index contributed by atoms with van der Waals surface area (Å²) in [7, 11) is 0.171. The molecule has 112 valence electrons. The van der Waals surface area contributed by atoms with E-state index >= 15 is 0 Å². The first kappa shape index (κ1) is 15.4. The maximum atomic E-state index is 12.2. The molecule has 0 fully saturated rings. The number of rotatable bonds is 5. The lowest BCUT2D eigenvalue weighted by molar-refractivity contribution is 0.579. The summed E-state index contributed by atoms with van der Waals surface area (Å²) < 4.78 is 26.9. The second-order valence-corrected chi connectivity index (χ2v) is 6.63. The van der Waals surface area contributed by atoms with Gasteiger partial charge in [-0.3, -0.25) is 0 Å². The Labute approximate surface area is 124 Å². The van der Waals surface area contributed by atoms with E-state index in [4.69, 9.17) is 0 Å². The van der Waals surface area contributed by atoms with Crippen molar-refractivity contribution < 1.29 is 8.42 Å². The highest BCUT2D eigenvalue weighted by molar-refractivity contribution is 7.89. The maximum absolute atomic E-state index is 12.2. The van der Waals surface area contributed by atoms with E-state index in [1.54, 1.807) is 30.5 Å². The van der Waals surface area contributed by atoms with Gasteiger partial charge in [-0.25, -0.2) is 23.1 Å². The highest BCUT2D eigenvalue weighted by Gasteiger charge is 2.14. The summed E-state index contributed by atoms with van der Waals surface area (Å²) in [6.45, 7) is 1.90. The summed E-state index contributed by atoms with van der Waals surface area (Å²) in [5.74, 6) is 1.16. The van der Waals surface area contributed by atoms with E-state index in [0.29, 0.717) is 5.82 Å². The van der Waals surface area contributed by atoms with E-state index in [-0.39, 0.29) is 11.4 Å². The quantitative estimate of drug-likeness (QED) is 0.902. The molecule has 6 nitrogen and oxygen atoms in total. The molecule has 0 aliphatic heterocycles. The van der Waals surface area contributed by atoms with Crippen LogP contribution in [0.15, 0.2) is 41.4 Å². The standard InChI is InChI=1S/C14H18N4O2S/c1-11-5-4-6-12(9-11)21(19,20)16-10-13-15-8-7-14(17-13)18(2)3/h4-9,16H,10H2,1-3H3. The fraction of sp³-hybridized carbons (Fsp3) is 0.286. The summed E-state index contributed by atoms with van der Waals surface area (Å²) in [5.41, 5.74) is 0.892. The minimum Gasteiger partial charge on any atom is -0.363 e. The van der Waals surface area contributed by atoms with E-state index in [9.17, 15) is 8.42 Å². The van der Waals surface area contributed by atoms with Crippen LogP contribution in [0.5, 0.6) is 0 Å². The van der Waals surface area contributed by atoms with Crippen LogP contribution >= 0.6 is 0 Å². The fourth-order valence-electron chi connectivity index (χ4n) is 1.75. The molecule has 0 amide bonds. The molecule has 0 unspecified atom stereocenters. The molecule has 0 radical (unpaired) electrons. The zero-order chi connectivity index (χ0) is 15.5. The van der Waals surface area contributed by atoms with Crippen molar-refractivity contribution in [2.45, 2.75) is 18.4 Å². The van der Waals surface area contributed by atoms with E-state index < -0.39 is 10.0 Å². The van der Waals surface area contributed by atoms with E-state index in [1.165, 1.54) is 0 Å². The van der Waals surface area contributed by atoms with Crippen molar-refractivity contribution in [3.05, 3.63) is 47.9 Å². The molecular formula is C14H18N4O2S. The molecule has 1 heterocycles. The Morgan fingerprint density at radius 3 is 2.67 bits per heavy atom. The number of hydrogen-bond acceptors (Lipinski definition) is 5. The molecule has 21 heavy (non-hydrogen) atoms. The van der Waals surface area contributed by atoms with Gasteiger partial charge in [-0.15, -0.1) is 0 Å². The smallest absolute Gasteiger partial charge is 0.240 e. The first-order chi connectivity index (χ1) is 9.88. The molecule has 0 aliphatic carbocycles. The first-order valence-corrected chi connectivity index (χ1v) is 7.92. The van der Waals surface area contributed by atoms with Gasteiger partial charge in [0.15, 0.2) is 0 Å². The second-order valence-electron chi connectivity index (χ2n) is 4.87. The van der Waals surface area contributed by atoms with E-state index in [0.717, 1.165) is 11.4 Å². The Balaban J connectivity index is 2.14. The Morgan fingerprint density at radius 2 is 2.00 bits per heavy atom. The van der Waals surface area contributed by atoms with Crippen molar-refractivity contribution in [2.24, 2.45) is 0 Å². The Hall–Kier alpha value is -1.99. The zero-order valence-electron chi connectivity index (χ0n) is 12.2. The monoisotopic (exact) mass is 306 g/mol. The van der Waals surface area contributed by atoms with Gasteiger partial charge in [-0.1, -0.05) is 12.1 Å². The third kappa shape index (κ3) is 3.99. The van der Waals surface area contributed by atoms with Crippen molar-refractivity contribution in [3.63, 3.8) is 0 Å². The van der Waals surface area contributed by atoms with Crippen molar-refractivity contribution >= 4 is 15.8 Å². The SMILES string of the molecule is Cc1cccc(S(=O)(=O)NCc2nccc(N(C)C)n2)c1. The molecule has 1 N–H and O–H groups in total. The third-order valence-electron chi connectivity index (χ3n) is 2.87. The van der Waals surface area contributed by atoms with Crippen LogP contribution < -0.4 is 9.62 Å². The molecule has 0 atom stereocenters. The molecule has 0 bridgehead atoms. The molecule has 2 rings (SSSR count). The highest BCUT2D eigenvalue weighted by Crippen LogP contribution is 2.11. The second kappa shape index (κ2) is 6.19. The van der Waals surface area contributed by atoms with Crippen LogP contribution in [0.3, 0.4) is 0 Å². The molecule has 1 aromatic heterocycles. The maximum Gasteiger partial charge on any atom is 0.240 e. The average Bonchev–Trinajstić information content (AvgIpc) is 2.45. The molecule has 1 aromatic carbocycles. The minimum atomic E-state index is -3.56. The Morgan fingerprint density at radius 1 is 1.24 bits per heavy atom. The Kier molecular flexibility index (Phi) is 4.54. The van der Waals surface area contributed by atoms with Crippen LogP contribution in [-0.2, 0) is 16.6 Å². The normalized spacial score (nSPS) is 11.4. The molecule has 0 saturated carbocycles. The van der Waals surface area contributed by atoms with Gasteiger partial charge in [-0.2, -0.15) is 0 Å². The van der Waals surface area contributed by atoms with E-state index in [1.807, 2.05) is 32.0 Å². The van der Waals surface area contributed by atoms with Gasteiger partial charge < -0.3 is 4.90 Å². The van der Waals surface area contributed by atoms with Crippen molar-refractivity contribution in [3.8, 4) is 0 Å². The van der Waals surface area contributed by atoms with Crippen LogP contribution in [0.4, 0.5) is 5.82 Å². The lowest BCUT2D eigenvalue weighted by atomic mass is 10.2. The van der Waals surface area contributed by atoms with Crippen molar-refractivity contribution in [1.29, 1.82) is 0 Å². The van der Waals surface area contributed by atoms with Crippen LogP contribution in [-0.4, -0.2) is 32.5 Å². The summed E-state index contributed by atoms with van der Waals surface area (Å²) in [4.78, 5) is 10.4. The average molecular weight is 306 g/mol. The van der Waals surface area contributed by atoms with Crippen molar-refractivity contribution in [1.82, 2.24) is 14.7 Å². The largest absolute Gasteiger partial charge is 0.363 e. The molecule has 0 aliphatic rings. The van der Waals surface area contributed by atoms with Crippen LogP contribution in [0.2, 0.25) is 0 Å².